The molecule has 4 heteroatoms. The zero-order valence-corrected chi connectivity index (χ0v) is 27.3. The first-order valence-electron chi connectivity index (χ1n) is 16.7. The van der Waals surface area contributed by atoms with Gasteiger partial charge in [-0.05, 0) is 110 Å². The molecule has 0 aliphatic heterocycles. The SMILES string of the molecule is N#Cc1ccc2c(c1)c1cc(C#N)ccc1n2-c1ccc(-c2cccc(-c3c4ccccc4c(-c4ccccc4)c4ccccc34)c2)cc1C#N. The largest absolute Gasteiger partial charge is 0.308 e. The van der Waals surface area contributed by atoms with Crippen LogP contribution in [0.1, 0.15) is 16.7 Å². The van der Waals surface area contributed by atoms with Gasteiger partial charge in [-0.2, -0.15) is 15.8 Å². The van der Waals surface area contributed by atoms with Gasteiger partial charge in [0.05, 0.1) is 45.5 Å². The zero-order chi connectivity index (χ0) is 34.5. The van der Waals surface area contributed by atoms with Crippen LogP contribution in [0, 0.1) is 34.0 Å². The maximum Gasteiger partial charge on any atom is 0.101 e. The second kappa shape index (κ2) is 11.9. The van der Waals surface area contributed by atoms with Gasteiger partial charge in [0.25, 0.3) is 0 Å². The molecule has 9 aromatic rings. The number of benzene rings is 8. The van der Waals surface area contributed by atoms with Crippen LogP contribution in [0.15, 0.2) is 158 Å². The summed E-state index contributed by atoms with van der Waals surface area (Å²) < 4.78 is 2.05. The third-order valence-corrected chi connectivity index (χ3v) is 9.86. The lowest BCUT2D eigenvalue weighted by Crippen LogP contribution is -1.98. The van der Waals surface area contributed by atoms with E-state index in [1.807, 2.05) is 36.4 Å². The van der Waals surface area contributed by atoms with E-state index in [0.29, 0.717) is 16.7 Å². The van der Waals surface area contributed by atoms with Crippen LogP contribution in [0.2, 0.25) is 0 Å². The summed E-state index contributed by atoms with van der Waals surface area (Å²) in [6, 6.07) is 60.5. The molecule has 51 heavy (non-hydrogen) atoms. The van der Waals surface area contributed by atoms with E-state index >= 15 is 0 Å². The number of nitrogens with zero attached hydrogens (tertiary/aromatic N) is 4. The van der Waals surface area contributed by atoms with Gasteiger partial charge in [0.15, 0.2) is 0 Å². The fourth-order valence-electron chi connectivity index (χ4n) is 7.63. The molecular formula is C47H26N4. The number of nitriles is 3. The second-order valence-electron chi connectivity index (χ2n) is 12.7. The maximum atomic E-state index is 10.5. The third kappa shape index (κ3) is 4.74. The van der Waals surface area contributed by atoms with Gasteiger partial charge in [0, 0.05) is 10.8 Å². The number of aromatic nitrogens is 1. The van der Waals surface area contributed by atoms with Crippen molar-refractivity contribution < 1.29 is 0 Å². The van der Waals surface area contributed by atoms with Crippen molar-refractivity contribution in [3.63, 3.8) is 0 Å². The van der Waals surface area contributed by atoms with Crippen molar-refractivity contribution in [1.82, 2.24) is 4.57 Å². The number of hydrogen-bond acceptors (Lipinski definition) is 3. The van der Waals surface area contributed by atoms with Gasteiger partial charge in [0.1, 0.15) is 6.07 Å². The highest BCUT2D eigenvalue weighted by Gasteiger charge is 2.19. The highest BCUT2D eigenvalue weighted by molar-refractivity contribution is 6.21. The summed E-state index contributed by atoms with van der Waals surface area (Å²) in [4.78, 5) is 0. The summed E-state index contributed by atoms with van der Waals surface area (Å²) in [5.41, 5.74) is 10.7. The van der Waals surface area contributed by atoms with E-state index in [0.717, 1.165) is 44.2 Å². The van der Waals surface area contributed by atoms with Crippen LogP contribution in [-0.2, 0) is 0 Å². The summed E-state index contributed by atoms with van der Waals surface area (Å²) in [5, 5.41) is 36.3. The molecule has 0 spiro atoms. The highest BCUT2D eigenvalue weighted by atomic mass is 15.0. The highest BCUT2D eigenvalue weighted by Crippen LogP contribution is 2.44. The minimum atomic E-state index is 0.522. The Morgan fingerprint density at radius 3 is 1.39 bits per heavy atom. The Balaban J connectivity index is 1.22. The Bertz CT molecular complexity index is 2870. The minimum Gasteiger partial charge on any atom is -0.308 e. The van der Waals surface area contributed by atoms with Crippen LogP contribution in [0.4, 0.5) is 0 Å². The van der Waals surface area contributed by atoms with Crippen molar-refractivity contribution in [1.29, 1.82) is 15.8 Å². The minimum absolute atomic E-state index is 0.522. The molecule has 0 bridgehead atoms. The molecule has 4 nitrogen and oxygen atoms in total. The molecule has 0 unspecified atom stereocenters. The molecule has 9 rings (SSSR count). The Labute approximate surface area is 294 Å². The zero-order valence-electron chi connectivity index (χ0n) is 27.3. The van der Waals surface area contributed by atoms with E-state index in [-0.39, 0.29) is 0 Å². The summed E-state index contributed by atoms with van der Waals surface area (Å²) in [6.07, 6.45) is 0. The van der Waals surface area contributed by atoms with Crippen LogP contribution in [0.25, 0.3) is 82.4 Å². The normalized spacial score (nSPS) is 11.1. The maximum absolute atomic E-state index is 10.5. The average Bonchev–Trinajstić information content (AvgIpc) is 3.52. The van der Waals surface area contributed by atoms with E-state index in [1.165, 1.54) is 38.2 Å². The second-order valence-corrected chi connectivity index (χ2v) is 12.7. The molecule has 0 radical (unpaired) electrons. The van der Waals surface area contributed by atoms with E-state index in [4.69, 9.17) is 0 Å². The third-order valence-electron chi connectivity index (χ3n) is 9.86. The average molecular weight is 647 g/mol. The van der Waals surface area contributed by atoms with Crippen molar-refractivity contribution in [2.24, 2.45) is 0 Å². The summed E-state index contributed by atoms with van der Waals surface area (Å²) in [6.45, 7) is 0. The van der Waals surface area contributed by atoms with Crippen LogP contribution in [0.5, 0.6) is 0 Å². The van der Waals surface area contributed by atoms with Crippen molar-refractivity contribution in [3.8, 4) is 57.3 Å². The number of hydrogen-bond donors (Lipinski definition) is 0. The summed E-state index contributed by atoms with van der Waals surface area (Å²) in [7, 11) is 0. The predicted octanol–water partition coefficient (Wildman–Crippen LogP) is 11.7. The Kier molecular flexibility index (Phi) is 6.93. The smallest absolute Gasteiger partial charge is 0.101 e. The van der Waals surface area contributed by atoms with E-state index < -0.39 is 0 Å². The molecule has 0 saturated carbocycles. The molecule has 1 heterocycles. The lowest BCUT2D eigenvalue weighted by atomic mass is 9.85. The Morgan fingerprint density at radius 2 is 0.843 bits per heavy atom. The van der Waals surface area contributed by atoms with Gasteiger partial charge < -0.3 is 4.57 Å². The van der Waals surface area contributed by atoms with Gasteiger partial charge in [-0.15, -0.1) is 0 Å². The Hall–Kier alpha value is -7.45. The van der Waals surface area contributed by atoms with Gasteiger partial charge in [-0.1, -0.05) is 103 Å². The first kappa shape index (κ1) is 29.7. The molecule has 8 aromatic carbocycles. The molecule has 0 N–H and O–H groups in total. The molecule has 234 valence electrons. The van der Waals surface area contributed by atoms with Crippen molar-refractivity contribution >= 4 is 43.4 Å². The van der Waals surface area contributed by atoms with Gasteiger partial charge in [-0.25, -0.2) is 0 Å². The Morgan fingerprint density at radius 1 is 0.353 bits per heavy atom. The van der Waals surface area contributed by atoms with E-state index in [2.05, 4.69) is 132 Å². The van der Waals surface area contributed by atoms with Gasteiger partial charge in [0.2, 0.25) is 0 Å². The topological polar surface area (TPSA) is 76.3 Å². The number of rotatable bonds is 4. The molecular weight excluding hydrogens is 621 g/mol. The monoisotopic (exact) mass is 646 g/mol. The molecule has 0 aliphatic rings. The lowest BCUT2D eigenvalue weighted by molar-refractivity contribution is 1.17. The molecule has 1 aromatic heterocycles. The molecule has 0 amide bonds. The van der Waals surface area contributed by atoms with Gasteiger partial charge in [-0.3, -0.25) is 0 Å². The van der Waals surface area contributed by atoms with Crippen LogP contribution in [-0.4, -0.2) is 4.57 Å². The van der Waals surface area contributed by atoms with Crippen molar-refractivity contribution in [2.75, 3.05) is 0 Å². The van der Waals surface area contributed by atoms with Crippen molar-refractivity contribution in [2.45, 2.75) is 0 Å². The lowest BCUT2D eigenvalue weighted by Gasteiger charge is -2.18. The molecule has 0 aliphatic carbocycles. The van der Waals surface area contributed by atoms with Crippen molar-refractivity contribution in [3.05, 3.63) is 174 Å². The van der Waals surface area contributed by atoms with Gasteiger partial charge >= 0.3 is 0 Å². The first-order valence-corrected chi connectivity index (χ1v) is 16.7. The predicted molar refractivity (Wildman–Crippen MR) is 206 cm³/mol. The first-order chi connectivity index (χ1) is 25.2. The standard InChI is InChI=1S/C47H26N4/c48-27-30-17-20-44-41(23-30)42-24-31(28-49)18-21-45(42)51(44)43-22-19-34(26-36(43)29-50)33-11-8-12-35(25-33)47-39-15-6-4-13-37(39)46(32-9-2-1-3-10-32)38-14-5-7-16-40(38)47/h1-26H. The summed E-state index contributed by atoms with van der Waals surface area (Å²) in [5.74, 6) is 0. The van der Waals surface area contributed by atoms with E-state index in [1.54, 1.807) is 12.1 Å². The molecule has 0 fully saturated rings. The number of fused-ring (bicyclic) bond motifs is 5. The van der Waals surface area contributed by atoms with Crippen LogP contribution >= 0.6 is 0 Å². The summed E-state index contributed by atoms with van der Waals surface area (Å²) >= 11 is 0. The quantitative estimate of drug-likeness (QED) is 0.179. The van der Waals surface area contributed by atoms with E-state index in [9.17, 15) is 15.8 Å². The van der Waals surface area contributed by atoms with Crippen LogP contribution in [0.3, 0.4) is 0 Å². The fourth-order valence-corrected chi connectivity index (χ4v) is 7.63. The van der Waals surface area contributed by atoms with Crippen LogP contribution < -0.4 is 0 Å². The molecule has 0 saturated heterocycles. The molecule has 0 atom stereocenters. The fraction of sp³-hybridized carbons (Fsp3) is 0.